The molecule has 1 aliphatic rings. The molecule has 0 bridgehead atoms. The molecule has 2 rings (SSSR count). The van der Waals surface area contributed by atoms with E-state index < -0.39 is 11.9 Å². The molecule has 0 radical (unpaired) electrons. The molecular weight excluding hydrogens is 367 g/mol. The molecule has 1 aromatic carbocycles. The fraction of sp³-hybridized carbons (Fsp3) is 0.500. The van der Waals surface area contributed by atoms with Crippen LogP contribution in [0.2, 0.25) is 0 Å². The summed E-state index contributed by atoms with van der Waals surface area (Å²) in [7, 11) is 0. The molecule has 1 unspecified atom stereocenters. The van der Waals surface area contributed by atoms with E-state index in [1.807, 2.05) is 31.2 Å². The van der Waals surface area contributed by atoms with Gasteiger partial charge in [0.2, 0.25) is 11.8 Å². The van der Waals surface area contributed by atoms with Crippen LogP contribution in [0, 0.1) is 0 Å². The van der Waals surface area contributed by atoms with Gasteiger partial charge in [-0.25, -0.2) is 0 Å². The standard InChI is InChI=1S/C16H24N4O3.2ClH/c1-2-23-14-6-4-3-5-13(14)19-7-9-20(10-8-19)16(22)12(17)11-15(18)21;;/h3-6,12H,2,7-11,17H2,1H3,(H2,18,21);2*1H. The summed E-state index contributed by atoms with van der Waals surface area (Å²) < 4.78 is 5.65. The summed E-state index contributed by atoms with van der Waals surface area (Å²) in [4.78, 5) is 27.0. The van der Waals surface area contributed by atoms with Gasteiger partial charge >= 0.3 is 0 Å². The van der Waals surface area contributed by atoms with Crippen molar-refractivity contribution < 1.29 is 14.3 Å². The fourth-order valence-electron chi connectivity index (χ4n) is 2.70. The number of rotatable bonds is 6. The van der Waals surface area contributed by atoms with Crippen molar-refractivity contribution in [1.82, 2.24) is 4.90 Å². The van der Waals surface area contributed by atoms with Crippen molar-refractivity contribution in [3.63, 3.8) is 0 Å². The van der Waals surface area contributed by atoms with Crippen LogP contribution >= 0.6 is 24.8 Å². The lowest BCUT2D eigenvalue weighted by Gasteiger charge is -2.37. The van der Waals surface area contributed by atoms with Gasteiger partial charge in [-0.1, -0.05) is 12.1 Å². The Hall–Kier alpha value is -1.70. The monoisotopic (exact) mass is 392 g/mol. The Morgan fingerprint density at radius 1 is 1.16 bits per heavy atom. The van der Waals surface area contributed by atoms with Gasteiger partial charge in [0.15, 0.2) is 0 Å². The number of nitrogens with two attached hydrogens (primary N) is 2. The molecule has 2 amide bonds. The Balaban J connectivity index is 0.00000288. The third kappa shape index (κ3) is 6.26. The second kappa shape index (κ2) is 11.0. The van der Waals surface area contributed by atoms with Crippen molar-refractivity contribution in [2.24, 2.45) is 11.5 Å². The lowest BCUT2D eigenvalue weighted by Crippen LogP contribution is -2.53. The molecule has 0 aromatic heterocycles. The van der Waals surface area contributed by atoms with E-state index in [4.69, 9.17) is 16.2 Å². The van der Waals surface area contributed by atoms with Crippen LogP contribution in [0.5, 0.6) is 5.75 Å². The SMILES string of the molecule is CCOc1ccccc1N1CCN(C(=O)C(N)CC(N)=O)CC1.Cl.Cl. The number of piperazine rings is 1. The second-order valence-electron chi connectivity index (χ2n) is 5.49. The first-order valence-corrected chi connectivity index (χ1v) is 7.82. The van der Waals surface area contributed by atoms with E-state index in [9.17, 15) is 9.59 Å². The lowest BCUT2D eigenvalue weighted by atomic mass is 10.1. The minimum atomic E-state index is -0.852. The van der Waals surface area contributed by atoms with Crippen LogP contribution in [0.1, 0.15) is 13.3 Å². The van der Waals surface area contributed by atoms with Crippen LogP contribution in [-0.2, 0) is 9.59 Å². The lowest BCUT2D eigenvalue weighted by molar-refractivity contribution is -0.134. The molecule has 142 valence electrons. The molecule has 1 saturated heterocycles. The predicted molar refractivity (Wildman–Crippen MR) is 103 cm³/mol. The number of ether oxygens (including phenoxy) is 1. The number of carbonyl (C=O) groups is 2. The van der Waals surface area contributed by atoms with Crippen molar-refractivity contribution in [3.05, 3.63) is 24.3 Å². The zero-order chi connectivity index (χ0) is 16.8. The first kappa shape index (κ1) is 23.3. The van der Waals surface area contributed by atoms with E-state index in [0.717, 1.165) is 11.4 Å². The van der Waals surface area contributed by atoms with Crippen molar-refractivity contribution in [2.75, 3.05) is 37.7 Å². The molecule has 1 atom stereocenters. The molecule has 0 spiro atoms. The molecule has 0 saturated carbocycles. The van der Waals surface area contributed by atoms with E-state index in [-0.39, 0.29) is 37.1 Å². The van der Waals surface area contributed by atoms with Gasteiger partial charge in [-0.2, -0.15) is 0 Å². The molecular formula is C16H26Cl2N4O3. The summed E-state index contributed by atoms with van der Waals surface area (Å²) in [5.74, 6) is 0.0666. The van der Waals surface area contributed by atoms with E-state index in [0.29, 0.717) is 32.8 Å². The average molecular weight is 393 g/mol. The van der Waals surface area contributed by atoms with Gasteiger partial charge < -0.3 is 26.0 Å². The number of carbonyl (C=O) groups excluding carboxylic acids is 2. The van der Waals surface area contributed by atoms with E-state index in [1.54, 1.807) is 4.90 Å². The zero-order valence-electron chi connectivity index (χ0n) is 14.2. The first-order chi connectivity index (χ1) is 11.0. The minimum Gasteiger partial charge on any atom is -0.492 e. The maximum absolute atomic E-state index is 12.2. The van der Waals surface area contributed by atoms with Crippen molar-refractivity contribution >= 4 is 42.3 Å². The molecule has 1 fully saturated rings. The van der Waals surface area contributed by atoms with E-state index in [1.165, 1.54) is 0 Å². The predicted octanol–water partition coefficient (Wildman–Crippen LogP) is 0.780. The molecule has 25 heavy (non-hydrogen) atoms. The molecule has 4 N–H and O–H groups in total. The first-order valence-electron chi connectivity index (χ1n) is 7.82. The Morgan fingerprint density at radius 3 is 2.32 bits per heavy atom. The van der Waals surface area contributed by atoms with Crippen LogP contribution in [0.4, 0.5) is 5.69 Å². The number of benzene rings is 1. The smallest absolute Gasteiger partial charge is 0.240 e. The maximum atomic E-state index is 12.2. The van der Waals surface area contributed by atoms with Crippen LogP contribution in [0.15, 0.2) is 24.3 Å². The number of amides is 2. The Morgan fingerprint density at radius 2 is 1.76 bits per heavy atom. The van der Waals surface area contributed by atoms with Crippen LogP contribution in [0.25, 0.3) is 0 Å². The largest absolute Gasteiger partial charge is 0.492 e. The van der Waals surface area contributed by atoms with Crippen molar-refractivity contribution in [1.29, 1.82) is 0 Å². The number of halogens is 2. The van der Waals surface area contributed by atoms with Gasteiger partial charge in [-0.05, 0) is 19.1 Å². The number of nitrogens with zero attached hydrogens (tertiary/aromatic N) is 2. The van der Waals surface area contributed by atoms with Gasteiger partial charge in [-0.3, -0.25) is 9.59 Å². The molecule has 7 nitrogen and oxygen atoms in total. The third-order valence-electron chi connectivity index (χ3n) is 3.84. The number of para-hydroxylation sites is 2. The second-order valence-corrected chi connectivity index (χ2v) is 5.49. The Bertz CT molecular complexity index is 566. The summed E-state index contributed by atoms with van der Waals surface area (Å²) in [5.41, 5.74) is 11.9. The maximum Gasteiger partial charge on any atom is 0.240 e. The van der Waals surface area contributed by atoms with Gasteiger partial charge in [0.05, 0.1) is 24.8 Å². The fourth-order valence-corrected chi connectivity index (χ4v) is 2.70. The highest BCUT2D eigenvalue weighted by Gasteiger charge is 2.27. The normalized spacial score (nSPS) is 14.8. The average Bonchev–Trinajstić information content (AvgIpc) is 2.54. The van der Waals surface area contributed by atoms with E-state index >= 15 is 0 Å². The highest BCUT2D eigenvalue weighted by atomic mass is 35.5. The van der Waals surface area contributed by atoms with Crippen LogP contribution in [0.3, 0.4) is 0 Å². The van der Waals surface area contributed by atoms with Crippen LogP contribution < -0.4 is 21.1 Å². The van der Waals surface area contributed by atoms with Gasteiger partial charge in [0, 0.05) is 26.2 Å². The minimum absolute atomic E-state index is 0. The van der Waals surface area contributed by atoms with Crippen LogP contribution in [-0.4, -0.2) is 55.5 Å². The quantitative estimate of drug-likeness (QED) is 0.744. The molecule has 1 aliphatic heterocycles. The zero-order valence-corrected chi connectivity index (χ0v) is 15.9. The summed E-state index contributed by atoms with van der Waals surface area (Å²) in [6.07, 6.45) is -0.119. The highest BCUT2D eigenvalue weighted by molar-refractivity contribution is 5.87. The third-order valence-corrected chi connectivity index (χ3v) is 3.84. The molecule has 0 aliphatic carbocycles. The molecule has 1 aromatic rings. The summed E-state index contributed by atoms with van der Waals surface area (Å²) >= 11 is 0. The Labute approximate surface area is 160 Å². The van der Waals surface area contributed by atoms with Gasteiger partial charge in [0.1, 0.15) is 5.75 Å². The number of hydrogen-bond donors (Lipinski definition) is 2. The molecule has 9 heteroatoms. The number of primary amides is 1. The van der Waals surface area contributed by atoms with Crippen molar-refractivity contribution in [3.8, 4) is 5.75 Å². The van der Waals surface area contributed by atoms with Gasteiger partial charge in [-0.15, -0.1) is 24.8 Å². The van der Waals surface area contributed by atoms with E-state index in [2.05, 4.69) is 4.90 Å². The van der Waals surface area contributed by atoms with Gasteiger partial charge in [0.25, 0.3) is 0 Å². The summed E-state index contributed by atoms with van der Waals surface area (Å²) in [6.45, 7) is 5.07. The Kier molecular flexibility index (Phi) is 10.3. The number of anilines is 1. The summed E-state index contributed by atoms with van der Waals surface area (Å²) in [6, 6.07) is 7.02. The summed E-state index contributed by atoms with van der Waals surface area (Å²) in [5, 5.41) is 0. The molecule has 1 heterocycles. The van der Waals surface area contributed by atoms with Crippen molar-refractivity contribution in [2.45, 2.75) is 19.4 Å². The number of hydrogen-bond acceptors (Lipinski definition) is 5. The topological polar surface area (TPSA) is 102 Å². The highest BCUT2D eigenvalue weighted by Crippen LogP contribution is 2.28.